The number of hydrogen-bond acceptors (Lipinski definition) is 3. The molecule has 19 heavy (non-hydrogen) atoms. The third-order valence-electron chi connectivity index (χ3n) is 3.51. The zero-order valence-electron chi connectivity index (χ0n) is 11.1. The van der Waals surface area contributed by atoms with Gasteiger partial charge in [-0.25, -0.2) is 0 Å². The fourth-order valence-corrected chi connectivity index (χ4v) is 3.41. The molecule has 0 saturated heterocycles. The first-order chi connectivity index (χ1) is 9.36. The SMILES string of the molecule is COc1cc(CSc2ccncc2)cc2c1CCC2. The van der Waals surface area contributed by atoms with Crippen molar-refractivity contribution in [3.05, 3.63) is 53.3 Å². The van der Waals surface area contributed by atoms with Crippen molar-refractivity contribution in [2.24, 2.45) is 0 Å². The highest BCUT2D eigenvalue weighted by molar-refractivity contribution is 7.98. The van der Waals surface area contributed by atoms with Gasteiger partial charge < -0.3 is 4.74 Å². The van der Waals surface area contributed by atoms with Gasteiger partial charge in [-0.3, -0.25) is 4.98 Å². The molecule has 0 amide bonds. The molecule has 0 saturated carbocycles. The molecule has 2 aromatic rings. The Morgan fingerprint density at radius 3 is 2.84 bits per heavy atom. The van der Waals surface area contributed by atoms with Gasteiger partial charge >= 0.3 is 0 Å². The lowest BCUT2D eigenvalue weighted by molar-refractivity contribution is 0.410. The Hall–Kier alpha value is -1.48. The van der Waals surface area contributed by atoms with Crippen molar-refractivity contribution in [2.45, 2.75) is 29.9 Å². The van der Waals surface area contributed by atoms with Crippen molar-refractivity contribution in [2.75, 3.05) is 7.11 Å². The van der Waals surface area contributed by atoms with Crippen molar-refractivity contribution < 1.29 is 4.74 Å². The number of benzene rings is 1. The Morgan fingerprint density at radius 1 is 1.21 bits per heavy atom. The van der Waals surface area contributed by atoms with Crippen LogP contribution < -0.4 is 4.74 Å². The van der Waals surface area contributed by atoms with Crippen LogP contribution in [0.15, 0.2) is 41.6 Å². The molecule has 3 heteroatoms. The summed E-state index contributed by atoms with van der Waals surface area (Å²) in [6.07, 6.45) is 7.29. The van der Waals surface area contributed by atoms with E-state index in [0.29, 0.717) is 0 Å². The van der Waals surface area contributed by atoms with E-state index in [-0.39, 0.29) is 0 Å². The van der Waals surface area contributed by atoms with Crippen LogP contribution in [0.2, 0.25) is 0 Å². The predicted octanol–water partition coefficient (Wildman–Crippen LogP) is 3.87. The predicted molar refractivity (Wildman–Crippen MR) is 78.8 cm³/mol. The second kappa shape index (κ2) is 5.66. The number of hydrogen-bond donors (Lipinski definition) is 0. The van der Waals surface area contributed by atoms with Crippen molar-refractivity contribution in [1.82, 2.24) is 4.98 Å². The maximum atomic E-state index is 5.53. The average molecular weight is 271 g/mol. The van der Waals surface area contributed by atoms with Crippen molar-refractivity contribution in [1.29, 1.82) is 0 Å². The lowest BCUT2D eigenvalue weighted by atomic mass is 10.1. The Bertz CT molecular complexity index is 568. The summed E-state index contributed by atoms with van der Waals surface area (Å²) < 4.78 is 5.53. The number of methoxy groups -OCH3 is 1. The van der Waals surface area contributed by atoms with Crippen LogP contribution in [-0.4, -0.2) is 12.1 Å². The van der Waals surface area contributed by atoms with Crippen molar-refractivity contribution in [3.8, 4) is 5.75 Å². The van der Waals surface area contributed by atoms with Crippen molar-refractivity contribution in [3.63, 3.8) is 0 Å². The van der Waals surface area contributed by atoms with Crippen LogP contribution in [0, 0.1) is 0 Å². The lowest BCUT2D eigenvalue weighted by Crippen LogP contribution is -1.94. The van der Waals surface area contributed by atoms with Gasteiger partial charge in [0, 0.05) is 23.0 Å². The maximum absolute atomic E-state index is 5.53. The second-order valence-corrected chi connectivity index (χ2v) is 5.81. The third kappa shape index (κ3) is 2.76. The minimum Gasteiger partial charge on any atom is -0.496 e. The Morgan fingerprint density at radius 2 is 2.05 bits per heavy atom. The van der Waals surface area contributed by atoms with E-state index in [0.717, 1.165) is 17.9 Å². The molecule has 98 valence electrons. The third-order valence-corrected chi connectivity index (χ3v) is 4.59. The molecular weight excluding hydrogens is 254 g/mol. The molecule has 1 aliphatic rings. The molecule has 0 bridgehead atoms. The minimum atomic E-state index is 0.980. The number of rotatable bonds is 4. The number of aryl methyl sites for hydroxylation is 1. The highest BCUT2D eigenvalue weighted by Gasteiger charge is 2.16. The van der Waals surface area contributed by atoms with E-state index >= 15 is 0 Å². The monoisotopic (exact) mass is 271 g/mol. The molecule has 0 unspecified atom stereocenters. The quantitative estimate of drug-likeness (QED) is 0.788. The maximum Gasteiger partial charge on any atom is 0.122 e. The highest BCUT2D eigenvalue weighted by atomic mass is 32.2. The molecule has 2 nitrogen and oxygen atoms in total. The Balaban J connectivity index is 1.78. The van der Waals surface area contributed by atoms with Crippen LogP contribution >= 0.6 is 11.8 Å². The summed E-state index contributed by atoms with van der Waals surface area (Å²) in [6, 6.07) is 8.64. The molecule has 0 N–H and O–H groups in total. The largest absolute Gasteiger partial charge is 0.496 e. The van der Waals surface area contributed by atoms with Crippen LogP contribution in [0.1, 0.15) is 23.1 Å². The molecule has 0 spiro atoms. The molecule has 1 heterocycles. The van der Waals surface area contributed by atoms with Crippen LogP contribution in [0.4, 0.5) is 0 Å². The van der Waals surface area contributed by atoms with E-state index in [9.17, 15) is 0 Å². The summed E-state index contributed by atoms with van der Waals surface area (Å²) in [4.78, 5) is 5.30. The van der Waals surface area contributed by atoms with E-state index < -0.39 is 0 Å². The van der Waals surface area contributed by atoms with Crippen LogP contribution in [0.25, 0.3) is 0 Å². The Labute approximate surface area is 118 Å². The molecular formula is C16H17NOS. The average Bonchev–Trinajstić information content (AvgIpc) is 2.93. The zero-order valence-corrected chi connectivity index (χ0v) is 11.9. The minimum absolute atomic E-state index is 0.980. The van der Waals surface area contributed by atoms with Crippen LogP contribution in [0.5, 0.6) is 5.75 Å². The van der Waals surface area contributed by atoms with Crippen molar-refractivity contribution >= 4 is 11.8 Å². The number of ether oxygens (including phenoxy) is 1. The molecule has 0 atom stereocenters. The molecule has 3 rings (SSSR count). The zero-order chi connectivity index (χ0) is 13.1. The van der Waals surface area contributed by atoms with Gasteiger partial charge in [-0.05, 0) is 54.2 Å². The number of thioether (sulfide) groups is 1. The van der Waals surface area contributed by atoms with E-state index in [2.05, 4.69) is 29.2 Å². The first kappa shape index (κ1) is 12.5. The first-order valence-corrected chi connectivity index (χ1v) is 7.57. The standard InChI is InChI=1S/C16H17NOS/c1-18-16-10-12(9-13-3-2-4-15(13)16)11-19-14-5-7-17-8-6-14/h5-10H,2-4,11H2,1H3. The molecule has 1 aromatic heterocycles. The van der Waals surface area contributed by atoms with Crippen LogP contribution in [-0.2, 0) is 18.6 Å². The van der Waals surface area contributed by atoms with Gasteiger partial charge in [-0.2, -0.15) is 0 Å². The normalized spacial score (nSPS) is 13.3. The number of fused-ring (bicyclic) bond motifs is 1. The van der Waals surface area contributed by atoms with E-state index in [4.69, 9.17) is 4.74 Å². The molecule has 1 aromatic carbocycles. The summed E-state index contributed by atoms with van der Waals surface area (Å²) >= 11 is 1.84. The van der Waals surface area contributed by atoms with Gasteiger partial charge in [-0.1, -0.05) is 6.07 Å². The van der Waals surface area contributed by atoms with E-state index in [1.54, 1.807) is 7.11 Å². The Kier molecular flexibility index (Phi) is 3.74. The van der Waals surface area contributed by atoms with E-state index in [1.807, 2.05) is 24.2 Å². The molecule has 0 radical (unpaired) electrons. The first-order valence-electron chi connectivity index (χ1n) is 6.58. The van der Waals surface area contributed by atoms with Gasteiger partial charge in [0.15, 0.2) is 0 Å². The van der Waals surface area contributed by atoms with Gasteiger partial charge in [0.1, 0.15) is 5.75 Å². The number of aromatic nitrogens is 1. The van der Waals surface area contributed by atoms with Crippen LogP contribution in [0.3, 0.4) is 0 Å². The molecule has 0 fully saturated rings. The second-order valence-electron chi connectivity index (χ2n) is 4.76. The smallest absolute Gasteiger partial charge is 0.122 e. The molecule has 1 aliphatic carbocycles. The highest BCUT2D eigenvalue weighted by Crippen LogP contribution is 2.34. The summed E-state index contributed by atoms with van der Waals surface area (Å²) in [5, 5.41) is 0. The lowest BCUT2D eigenvalue weighted by Gasteiger charge is -2.10. The summed E-state index contributed by atoms with van der Waals surface area (Å²) in [7, 11) is 1.77. The molecule has 0 aliphatic heterocycles. The van der Waals surface area contributed by atoms with Gasteiger partial charge in [0.25, 0.3) is 0 Å². The fourth-order valence-electron chi connectivity index (χ4n) is 2.60. The van der Waals surface area contributed by atoms with Gasteiger partial charge in [0.2, 0.25) is 0 Å². The van der Waals surface area contributed by atoms with Gasteiger partial charge in [0.05, 0.1) is 7.11 Å². The van der Waals surface area contributed by atoms with Gasteiger partial charge in [-0.15, -0.1) is 11.8 Å². The summed E-state index contributed by atoms with van der Waals surface area (Å²) in [5.41, 5.74) is 4.24. The summed E-state index contributed by atoms with van der Waals surface area (Å²) in [5.74, 6) is 2.05. The van der Waals surface area contributed by atoms with E-state index in [1.165, 1.54) is 34.4 Å². The summed E-state index contributed by atoms with van der Waals surface area (Å²) in [6.45, 7) is 0. The topological polar surface area (TPSA) is 22.1 Å². The fraction of sp³-hybridized carbons (Fsp3) is 0.312. The number of pyridine rings is 1. The number of nitrogens with zero attached hydrogens (tertiary/aromatic N) is 1.